The number of ether oxygens (including phenoxy) is 1. The molecule has 0 heterocycles. The molecule has 5 rings (SSSR count). The molecule has 0 saturated heterocycles. The van der Waals surface area contributed by atoms with Gasteiger partial charge in [-0.25, -0.2) is 4.79 Å². The first-order valence-electron chi connectivity index (χ1n) is 12.0. The number of ketones is 1. The van der Waals surface area contributed by atoms with Crippen LogP contribution in [0.25, 0.3) is 11.1 Å². The van der Waals surface area contributed by atoms with E-state index in [-0.39, 0.29) is 33.0 Å². The fourth-order valence-electron chi connectivity index (χ4n) is 5.67. The Balaban J connectivity index is 1.38. The van der Waals surface area contributed by atoms with Crippen LogP contribution >= 0.6 is 34.8 Å². The van der Waals surface area contributed by atoms with E-state index in [2.05, 4.69) is 6.92 Å². The number of aromatic carboxylic acids is 1. The second-order valence-electron chi connectivity index (χ2n) is 9.93. The zero-order valence-electron chi connectivity index (χ0n) is 19.7. The SMILES string of the molecule is CC1(C2CCCC2)Cc2cc(OCc3cccc(-c4ccc(Cl)c(C(=O)O)c4)c3)c(Cl)c(Cl)c2C1=O. The highest BCUT2D eigenvalue weighted by Crippen LogP contribution is 2.52. The van der Waals surface area contributed by atoms with Gasteiger partial charge in [0.1, 0.15) is 17.4 Å². The maximum absolute atomic E-state index is 13.4. The molecule has 7 heteroatoms. The first-order chi connectivity index (χ1) is 17.2. The van der Waals surface area contributed by atoms with Gasteiger partial charge in [-0.2, -0.15) is 0 Å². The van der Waals surface area contributed by atoms with E-state index >= 15 is 0 Å². The molecule has 1 atom stereocenters. The van der Waals surface area contributed by atoms with Crippen molar-refractivity contribution in [2.75, 3.05) is 0 Å². The van der Waals surface area contributed by atoms with E-state index in [9.17, 15) is 14.7 Å². The fraction of sp³-hybridized carbons (Fsp3) is 0.310. The van der Waals surface area contributed by atoms with E-state index in [0.29, 0.717) is 23.7 Å². The molecule has 2 aliphatic rings. The lowest BCUT2D eigenvalue weighted by atomic mass is 9.73. The van der Waals surface area contributed by atoms with Gasteiger partial charge in [-0.05, 0) is 71.7 Å². The molecule has 0 spiro atoms. The highest BCUT2D eigenvalue weighted by atomic mass is 35.5. The summed E-state index contributed by atoms with van der Waals surface area (Å²) >= 11 is 19.2. The maximum Gasteiger partial charge on any atom is 0.337 e. The Morgan fingerprint density at radius 1 is 1.03 bits per heavy atom. The van der Waals surface area contributed by atoms with E-state index in [1.54, 1.807) is 18.2 Å². The zero-order chi connectivity index (χ0) is 25.6. The summed E-state index contributed by atoms with van der Waals surface area (Å²) in [4.78, 5) is 24.9. The highest BCUT2D eigenvalue weighted by molar-refractivity contribution is 6.45. The van der Waals surface area contributed by atoms with Crippen molar-refractivity contribution in [3.63, 3.8) is 0 Å². The molecule has 1 saturated carbocycles. The number of halogens is 3. The molecule has 1 fully saturated rings. The summed E-state index contributed by atoms with van der Waals surface area (Å²) in [6.07, 6.45) is 5.13. The van der Waals surface area contributed by atoms with Crippen molar-refractivity contribution in [2.24, 2.45) is 11.3 Å². The summed E-state index contributed by atoms with van der Waals surface area (Å²) in [6, 6.07) is 14.4. The molecular weight excluding hydrogens is 519 g/mol. The van der Waals surface area contributed by atoms with Crippen LogP contribution in [0, 0.1) is 11.3 Å². The third-order valence-electron chi connectivity index (χ3n) is 7.67. The molecule has 186 valence electrons. The van der Waals surface area contributed by atoms with Crippen LogP contribution in [0.4, 0.5) is 0 Å². The van der Waals surface area contributed by atoms with Crippen molar-refractivity contribution in [2.45, 2.75) is 45.6 Å². The summed E-state index contributed by atoms with van der Waals surface area (Å²) < 4.78 is 6.09. The minimum atomic E-state index is -1.08. The van der Waals surface area contributed by atoms with Crippen molar-refractivity contribution in [3.05, 3.63) is 85.9 Å². The molecule has 36 heavy (non-hydrogen) atoms. The molecule has 0 aromatic heterocycles. The molecule has 0 amide bonds. The number of benzene rings is 3. The predicted octanol–water partition coefficient (Wildman–Crippen LogP) is 8.53. The summed E-state index contributed by atoms with van der Waals surface area (Å²) in [5.74, 6) is -0.158. The van der Waals surface area contributed by atoms with Gasteiger partial charge in [0.15, 0.2) is 5.78 Å². The highest BCUT2D eigenvalue weighted by Gasteiger charge is 2.49. The fourth-order valence-corrected chi connectivity index (χ4v) is 6.37. The lowest BCUT2D eigenvalue weighted by Gasteiger charge is -2.29. The molecule has 3 aromatic carbocycles. The monoisotopic (exact) mass is 542 g/mol. The van der Waals surface area contributed by atoms with E-state index in [0.717, 1.165) is 35.1 Å². The average Bonchev–Trinajstić information content (AvgIpc) is 3.49. The summed E-state index contributed by atoms with van der Waals surface area (Å²) in [5.41, 5.74) is 3.51. The van der Waals surface area contributed by atoms with Gasteiger partial charge in [0.05, 0.1) is 15.6 Å². The number of hydrogen-bond acceptors (Lipinski definition) is 3. The predicted molar refractivity (Wildman–Crippen MR) is 143 cm³/mol. The van der Waals surface area contributed by atoms with E-state index < -0.39 is 11.4 Å². The van der Waals surface area contributed by atoms with Gasteiger partial charge in [-0.1, -0.05) is 78.8 Å². The Hall–Kier alpha value is -2.53. The van der Waals surface area contributed by atoms with Crippen molar-refractivity contribution in [1.29, 1.82) is 0 Å². The zero-order valence-corrected chi connectivity index (χ0v) is 22.0. The van der Waals surface area contributed by atoms with Gasteiger partial charge in [0.25, 0.3) is 0 Å². The van der Waals surface area contributed by atoms with E-state index in [1.165, 1.54) is 12.8 Å². The van der Waals surface area contributed by atoms with Gasteiger partial charge < -0.3 is 9.84 Å². The van der Waals surface area contributed by atoms with Crippen LogP contribution < -0.4 is 4.74 Å². The number of carbonyl (C=O) groups is 2. The standard InChI is InChI=1S/C29H25Cl3O4/c1-29(20-7-2-3-8-20)14-19-13-23(25(31)26(32)24(19)27(29)33)36-15-16-5-4-6-17(11-16)18-9-10-22(30)21(12-18)28(34)35/h4-6,9-13,20H,2-3,7-8,14-15H2,1H3,(H,34,35). The van der Waals surface area contributed by atoms with Crippen LogP contribution in [0.3, 0.4) is 0 Å². The molecule has 0 radical (unpaired) electrons. The van der Waals surface area contributed by atoms with Crippen molar-refractivity contribution >= 4 is 46.6 Å². The smallest absolute Gasteiger partial charge is 0.337 e. The number of fused-ring (bicyclic) bond motifs is 1. The van der Waals surface area contributed by atoms with Crippen LogP contribution in [0.15, 0.2) is 48.5 Å². The number of hydrogen-bond donors (Lipinski definition) is 1. The largest absolute Gasteiger partial charge is 0.487 e. The van der Waals surface area contributed by atoms with Gasteiger partial charge >= 0.3 is 5.97 Å². The Morgan fingerprint density at radius 3 is 2.47 bits per heavy atom. The molecule has 4 nitrogen and oxygen atoms in total. The molecule has 0 bridgehead atoms. The van der Waals surface area contributed by atoms with E-state index in [4.69, 9.17) is 39.5 Å². The van der Waals surface area contributed by atoms with E-state index in [1.807, 2.05) is 30.3 Å². The minimum absolute atomic E-state index is 0.0505. The number of carbonyl (C=O) groups excluding carboxylic acids is 1. The Labute approximate surface area is 225 Å². The number of carboxylic acid groups (broad SMARTS) is 1. The Kier molecular flexibility index (Phi) is 6.80. The Morgan fingerprint density at radius 2 is 1.75 bits per heavy atom. The summed E-state index contributed by atoms with van der Waals surface area (Å²) in [7, 11) is 0. The van der Waals surface area contributed by atoms with Crippen molar-refractivity contribution < 1.29 is 19.4 Å². The maximum atomic E-state index is 13.4. The van der Waals surface area contributed by atoms with Gasteiger partial charge in [0.2, 0.25) is 0 Å². The Bertz CT molecular complexity index is 1380. The molecule has 1 unspecified atom stereocenters. The molecule has 2 aliphatic carbocycles. The summed E-state index contributed by atoms with van der Waals surface area (Å²) in [5, 5.41) is 10.1. The average molecular weight is 544 g/mol. The normalized spacial score (nSPS) is 19.5. The van der Waals surface area contributed by atoms with Gasteiger partial charge in [-0.3, -0.25) is 4.79 Å². The number of Topliss-reactive ketones (excluding diaryl/α,β-unsaturated/α-hetero) is 1. The lowest BCUT2D eigenvalue weighted by Crippen LogP contribution is -2.32. The number of rotatable bonds is 6. The third kappa shape index (κ3) is 4.40. The van der Waals surface area contributed by atoms with Crippen molar-refractivity contribution in [1.82, 2.24) is 0 Å². The quantitative estimate of drug-likeness (QED) is 0.338. The second kappa shape index (κ2) is 9.74. The van der Waals surface area contributed by atoms with Gasteiger partial charge in [0, 0.05) is 11.0 Å². The van der Waals surface area contributed by atoms with Crippen LogP contribution in [-0.4, -0.2) is 16.9 Å². The topological polar surface area (TPSA) is 63.6 Å². The second-order valence-corrected chi connectivity index (χ2v) is 11.1. The number of carboxylic acids is 1. The van der Waals surface area contributed by atoms with Crippen LogP contribution in [0.1, 0.15) is 64.4 Å². The van der Waals surface area contributed by atoms with Crippen LogP contribution in [0.5, 0.6) is 5.75 Å². The first kappa shape index (κ1) is 25.1. The summed E-state index contributed by atoms with van der Waals surface area (Å²) in [6.45, 7) is 2.30. The van der Waals surface area contributed by atoms with Gasteiger partial charge in [-0.15, -0.1) is 0 Å². The molecule has 0 aliphatic heterocycles. The minimum Gasteiger partial charge on any atom is -0.487 e. The molecule has 3 aromatic rings. The first-order valence-corrected chi connectivity index (χ1v) is 13.1. The lowest BCUT2D eigenvalue weighted by molar-refractivity contribution is 0.0696. The van der Waals surface area contributed by atoms with Crippen LogP contribution in [0.2, 0.25) is 15.1 Å². The third-order valence-corrected chi connectivity index (χ3v) is 8.85. The molecular formula is C29H25Cl3O4. The molecule has 1 N–H and O–H groups in total. The van der Waals surface area contributed by atoms with Crippen molar-refractivity contribution in [3.8, 4) is 16.9 Å². The van der Waals surface area contributed by atoms with Crippen LogP contribution in [-0.2, 0) is 13.0 Å².